The standard InChI is InChI=1S/C13H18FN5/c1-9(2)15-8-13-16-17-18-19(13)10(3)11-6-4-5-7-12(11)14/h4-7,9-10,15H,8H2,1-3H3. The lowest BCUT2D eigenvalue weighted by molar-refractivity contribution is 0.473. The average Bonchev–Trinajstić information content (AvgIpc) is 2.84. The minimum atomic E-state index is -0.242. The van der Waals surface area contributed by atoms with Crippen molar-refractivity contribution in [3.05, 3.63) is 41.5 Å². The molecule has 1 aromatic heterocycles. The Bertz CT molecular complexity index is 537. The van der Waals surface area contributed by atoms with E-state index in [9.17, 15) is 4.39 Å². The third-order valence-corrected chi connectivity index (χ3v) is 2.95. The third-order valence-electron chi connectivity index (χ3n) is 2.95. The minimum absolute atomic E-state index is 0.236. The van der Waals surface area contributed by atoms with E-state index in [2.05, 4.69) is 34.7 Å². The molecule has 2 rings (SSSR count). The molecule has 1 aromatic carbocycles. The van der Waals surface area contributed by atoms with Crippen molar-refractivity contribution in [3.63, 3.8) is 0 Å². The van der Waals surface area contributed by atoms with Crippen molar-refractivity contribution in [2.24, 2.45) is 0 Å². The zero-order valence-corrected chi connectivity index (χ0v) is 11.3. The molecule has 5 nitrogen and oxygen atoms in total. The average molecular weight is 263 g/mol. The van der Waals surface area contributed by atoms with Gasteiger partial charge in [-0.15, -0.1) is 5.10 Å². The fourth-order valence-electron chi connectivity index (χ4n) is 1.87. The van der Waals surface area contributed by atoms with E-state index in [1.807, 2.05) is 13.0 Å². The molecule has 0 aliphatic heterocycles. The van der Waals surface area contributed by atoms with Gasteiger partial charge in [-0.05, 0) is 23.4 Å². The molecule has 6 heteroatoms. The van der Waals surface area contributed by atoms with Crippen LogP contribution in [0, 0.1) is 5.82 Å². The van der Waals surface area contributed by atoms with Crippen molar-refractivity contribution in [2.45, 2.75) is 39.4 Å². The highest BCUT2D eigenvalue weighted by Gasteiger charge is 2.17. The van der Waals surface area contributed by atoms with Crippen LogP contribution >= 0.6 is 0 Å². The molecular formula is C13H18FN5. The zero-order valence-electron chi connectivity index (χ0n) is 11.3. The predicted octanol–water partition coefficient (Wildman–Crippen LogP) is 1.92. The molecule has 0 bridgehead atoms. The summed E-state index contributed by atoms with van der Waals surface area (Å²) in [5.74, 6) is 0.456. The van der Waals surface area contributed by atoms with Crippen LogP contribution in [-0.2, 0) is 6.54 Å². The Morgan fingerprint density at radius 3 is 2.68 bits per heavy atom. The summed E-state index contributed by atoms with van der Waals surface area (Å²) in [5, 5.41) is 14.9. The van der Waals surface area contributed by atoms with Crippen molar-refractivity contribution in [2.75, 3.05) is 0 Å². The number of nitrogens with zero attached hydrogens (tertiary/aromatic N) is 4. The Kier molecular flexibility index (Phi) is 4.21. The van der Waals surface area contributed by atoms with E-state index in [-0.39, 0.29) is 11.9 Å². The number of hydrogen-bond acceptors (Lipinski definition) is 4. The van der Waals surface area contributed by atoms with Crippen LogP contribution in [0.15, 0.2) is 24.3 Å². The van der Waals surface area contributed by atoms with Gasteiger partial charge in [-0.25, -0.2) is 9.07 Å². The number of aromatic nitrogens is 4. The summed E-state index contributed by atoms with van der Waals surface area (Å²) in [6, 6.07) is 6.79. The maximum atomic E-state index is 13.8. The highest BCUT2D eigenvalue weighted by atomic mass is 19.1. The quantitative estimate of drug-likeness (QED) is 0.895. The molecule has 2 aromatic rings. The van der Waals surface area contributed by atoms with Gasteiger partial charge in [0.05, 0.1) is 12.6 Å². The SMILES string of the molecule is CC(C)NCc1nnnn1C(C)c1ccccc1F. The molecule has 0 fully saturated rings. The molecule has 19 heavy (non-hydrogen) atoms. The van der Waals surface area contributed by atoms with Crippen LogP contribution < -0.4 is 5.32 Å². The van der Waals surface area contributed by atoms with Gasteiger partial charge in [-0.3, -0.25) is 0 Å². The molecule has 0 spiro atoms. The van der Waals surface area contributed by atoms with E-state index in [0.29, 0.717) is 24.0 Å². The number of nitrogens with one attached hydrogen (secondary N) is 1. The van der Waals surface area contributed by atoms with Gasteiger partial charge in [0.15, 0.2) is 5.82 Å². The van der Waals surface area contributed by atoms with Gasteiger partial charge in [0, 0.05) is 11.6 Å². The fraction of sp³-hybridized carbons (Fsp3) is 0.462. The second kappa shape index (κ2) is 5.88. The van der Waals surface area contributed by atoms with Gasteiger partial charge in [0.2, 0.25) is 0 Å². The van der Waals surface area contributed by atoms with Crippen molar-refractivity contribution < 1.29 is 4.39 Å². The van der Waals surface area contributed by atoms with Gasteiger partial charge in [-0.1, -0.05) is 32.0 Å². The maximum absolute atomic E-state index is 13.8. The van der Waals surface area contributed by atoms with Crippen LogP contribution in [0.25, 0.3) is 0 Å². The molecule has 0 aliphatic carbocycles. The smallest absolute Gasteiger partial charge is 0.165 e. The largest absolute Gasteiger partial charge is 0.308 e. The Balaban J connectivity index is 2.22. The highest BCUT2D eigenvalue weighted by Crippen LogP contribution is 2.20. The second-order valence-corrected chi connectivity index (χ2v) is 4.77. The van der Waals surface area contributed by atoms with Crippen molar-refractivity contribution in [1.82, 2.24) is 25.5 Å². The predicted molar refractivity (Wildman–Crippen MR) is 70.0 cm³/mol. The molecule has 1 atom stereocenters. The topological polar surface area (TPSA) is 55.6 Å². The summed E-state index contributed by atoms with van der Waals surface area (Å²) < 4.78 is 15.4. The summed E-state index contributed by atoms with van der Waals surface area (Å²) in [6.45, 7) is 6.54. The molecule has 1 unspecified atom stereocenters. The molecule has 0 radical (unpaired) electrons. The first kappa shape index (κ1) is 13.6. The summed E-state index contributed by atoms with van der Waals surface area (Å²) >= 11 is 0. The van der Waals surface area contributed by atoms with E-state index in [4.69, 9.17) is 0 Å². The highest BCUT2D eigenvalue weighted by molar-refractivity contribution is 5.21. The first-order valence-electron chi connectivity index (χ1n) is 6.34. The normalized spacial score (nSPS) is 12.9. The first-order valence-corrected chi connectivity index (χ1v) is 6.34. The Hall–Kier alpha value is -1.82. The lowest BCUT2D eigenvalue weighted by Crippen LogP contribution is -2.25. The van der Waals surface area contributed by atoms with E-state index in [1.165, 1.54) is 6.07 Å². The van der Waals surface area contributed by atoms with Gasteiger partial charge in [0.25, 0.3) is 0 Å². The summed E-state index contributed by atoms with van der Waals surface area (Å²) in [5.41, 5.74) is 0.584. The Morgan fingerprint density at radius 1 is 1.26 bits per heavy atom. The molecule has 0 saturated heterocycles. The number of tetrazole rings is 1. The number of benzene rings is 1. The van der Waals surface area contributed by atoms with E-state index >= 15 is 0 Å². The van der Waals surface area contributed by atoms with Crippen LogP contribution in [-0.4, -0.2) is 26.2 Å². The molecule has 0 saturated carbocycles. The molecular weight excluding hydrogens is 245 g/mol. The Morgan fingerprint density at radius 2 is 2.00 bits per heavy atom. The van der Waals surface area contributed by atoms with Gasteiger partial charge < -0.3 is 5.32 Å². The van der Waals surface area contributed by atoms with E-state index < -0.39 is 0 Å². The van der Waals surface area contributed by atoms with E-state index in [0.717, 1.165) is 0 Å². The zero-order chi connectivity index (χ0) is 13.8. The van der Waals surface area contributed by atoms with Gasteiger partial charge >= 0.3 is 0 Å². The third kappa shape index (κ3) is 3.14. The number of hydrogen-bond donors (Lipinski definition) is 1. The Labute approximate surface area is 111 Å². The molecule has 0 amide bonds. The lowest BCUT2D eigenvalue weighted by Gasteiger charge is -2.15. The van der Waals surface area contributed by atoms with Crippen molar-refractivity contribution >= 4 is 0 Å². The van der Waals surface area contributed by atoms with Crippen LogP contribution in [0.1, 0.15) is 38.2 Å². The van der Waals surface area contributed by atoms with Crippen LogP contribution in [0.5, 0.6) is 0 Å². The fourth-order valence-corrected chi connectivity index (χ4v) is 1.87. The lowest BCUT2D eigenvalue weighted by atomic mass is 10.1. The second-order valence-electron chi connectivity index (χ2n) is 4.77. The van der Waals surface area contributed by atoms with Crippen LogP contribution in [0.4, 0.5) is 4.39 Å². The van der Waals surface area contributed by atoms with Crippen molar-refractivity contribution in [3.8, 4) is 0 Å². The molecule has 102 valence electrons. The van der Waals surface area contributed by atoms with Gasteiger partial charge in [-0.2, -0.15) is 0 Å². The molecule has 1 heterocycles. The number of halogens is 1. The number of rotatable bonds is 5. The van der Waals surface area contributed by atoms with Crippen molar-refractivity contribution in [1.29, 1.82) is 0 Å². The first-order chi connectivity index (χ1) is 9.09. The van der Waals surface area contributed by atoms with Crippen LogP contribution in [0.2, 0.25) is 0 Å². The molecule has 1 N–H and O–H groups in total. The maximum Gasteiger partial charge on any atom is 0.165 e. The summed E-state index contributed by atoms with van der Waals surface area (Å²) in [6.07, 6.45) is 0. The van der Waals surface area contributed by atoms with E-state index in [1.54, 1.807) is 16.8 Å². The molecule has 0 aliphatic rings. The van der Waals surface area contributed by atoms with Gasteiger partial charge in [0.1, 0.15) is 5.82 Å². The minimum Gasteiger partial charge on any atom is -0.308 e. The van der Waals surface area contributed by atoms with Crippen LogP contribution in [0.3, 0.4) is 0 Å². The summed E-state index contributed by atoms with van der Waals surface area (Å²) in [4.78, 5) is 0. The summed E-state index contributed by atoms with van der Waals surface area (Å²) in [7, 11) is 0. The monoisotopic (exact) mass is 263 g/mol.